The van der Waals surface area contributed by atoms with E-state index < -0.39 is 0 Å². The van der Waals surface area contributed by atoms with Crippen molar-refractivity contribution in [2.75, 3.05) is 12.3 Å². The predicted octanol–water partition coefficient (Wildman–Crippen LogP) is 1.29. The van der Waals surface area contributed by atoms with Gasteiger partial charge in [0, 0.05) is 12.6 Å². The van der Waals surface area contributed by atoms with Gasteiger partial charge in [0.25, 0.3) is 5.91 Å². The molecule has 0 unspecified atom stereocenters. The van der Waals surface area contributed by atoms with Gasteiger partial charge < -0.3 is 10.6 Å². The average molecular weight is 205 g/mol. The molecule has 2 rings (SSSR count). The summed E-state index contributed by atoms with van der Waals surface area (Å²) >= 11 is 0. The number of nitrogen functional groups attached to an aromatic ring is 1. The number of carbonyl (C=O) groups excluding carboxylic acids is 1. The van der Waals surface area contributed by atoms with E-state index in [4.69, 9.17) is 5.73 Å². The second-order valence-corrected chi connectivity index (χ2v) is 3.80. The molecular formula is C11H15N3O. The fourth-order valence-corrected chi connectivity index (χ4v) is 1.63. The van der Waals surface area contributed by atoms with Gasteiger partial charge in [-0.15, -0.1) is 0 Å². The number of hydrogen-bond acceptors (Lipinski definition) is 3. The lowest BCUT2D eigenvalue weighted by Crippen LogP contribution is -2.33. The number of aromatic nitrogens is 1. The highest BCUT2D eigenvalue weighted by Gasteiger charge is 2.32. The number of carbonyl (C=O) groups is 1. The lowest BCUT2D eigenvalue weighted by Gasteiger charge is -2.19. The SMILES string of the molecule is CCN(C(=O)c1ccc(N)cn1)C1CC1. The zero-order valence-electron chi connectivity index (χ0n) is 8.81. The third-order valence-corrected chi connectivity index (χ3v) is 2.59. The summed E-state index contributed by atoms with van der Waals surface area (Å²) in [7, 11) is 0. The molecule has 0 aliphatic heterocycles. The molecule has 15 heavy (non-hydrogen) atoms. The van der Waals surface area contributed by atoms with Crippen molar-refractivity contribution >= 4 is 11.6 Å². The Morgan fingerprint density at radius 2 is 2.33 bits per heavy atom. The second kappa shape index (κ2) is 3.88. The quantitative estimate of drug-likeness (QED) is 0.808. The molecule has 0 spiro atoms. The fraction of sp³-hybridized carbons (Fsp3) is 0.455. The molecule has 1 aliphatic carbocycles. The summed E-state index contributed by atoms with van der Waals surface area (Å²) in [6.45, 7) is 2.74. The number of nitrogens with zero attached hydrogens (tertiary/aromatic N) is 2. The fourth-order valence-electron chi connectivity index (χ4n) is 1.63. The summed E-state index contributed by atoms with van der Waals surface area (Å²) < 4.78 is 0. The molecule has 0 atom stereocenters. The van der Waals surface area contributed by atoms with Gasteiger partial charge in [0.15, 0.2) is 0 Å². The van der Waals surface area contributed by atoms with Gasteiger partial charge in [0.05, 0.1) is 11.9 Å². The summed E-state index contributed by atoms with van der Waals surface area (Å²) in [6, 6.07) is 3.82. The minimum Gasteiger partial charge on any atom is -0.397 e. The van der Waals surface area contributed by atoms with Crippen molar-refractivity contribution in [1.82, 2.24) is 9.88 Å². The van der Waals surface area contributed by atoms with Gasteiger partial charge in [-0.25, -0.2) is 4.98 Å². The molecule has 1 aromatic rings. The monoisotopic (exact) mass is 205 g/mol. The molecule has 0 saturated heterocycles. The minimum absolute atomic E-state index is 0.0139. The number of amides is 1. The summed E-state index contributed by atoms with van der Waals surface area (Å²) in [6.07, 6.45) is 3.76. The van der Waals surface area contributed by atoms with E-state index in [9.17, 15) is 4.79 Å². The average Bonchev–Trinajstić information content (AvgIpc) is 3.04. The van der Waals surface area contributed by atoms with Crippen molar-refractivity contribution in [1.29, 1.82) is 0 Å². The zero-order chi connectivity index (χ0) is 10.8. The van der Waals surface area contributed by atoms with Crippen molar-refractivity contribution in [2.45, 2.75) is 25.8 Å². The standard InChI is InChI=1S/C11H15N3O/c1-2-14(9-4-5-9)11(15)10-6-3-8(12)7-13-10/h3,6-7,9H,2,4-5,12H2,1H3. The molecule has 4 nitrogen and oxygen atoms in total. The number of nitrogens with two attached hydrogens (primary N) is 1. The molecule has 4 heteroatoms. The van der Waals surface area contributed by atoms with Crippen LogP contribution in [0.1, 0.15) is 30.3 Å². The van der Waals surface area contributed by atoms with Crippen LogP contribution in [-0.4, -0.2) is 28.4 Å². The van der Waals surface area contributed by atoms with Crippen LogP contribution >= 0.6 is 0 Å². The number of rotatable bonds is 3. The van der Waals surface area contributed by atoms with Crippen LogP contribution in [0.15, 0.2) is 18.3 Å². The van der Waals surface area contributed by atoms with Gasteiger partial charge >= 0.3 is 0 Å². The molecule has 1 fully saturated rings. The van der Waals surface area contributed by atoms with Crippen LogP contribution in [0.25, 0.3) is 0 Å². The van der Waals surface area contributed by atoms with Crippen LogP contribution in [0, 0.1) is 0 Å². The van der Waals surface area contributed by atoms with Gasteiger partial charge in [0.2, 0.25) is 0 Å². The maximum atomic E-state index is 12.0. The summed E-state index contributed by atoms with van der Waals surface area (Å²) in [4.78, 5) is 17.9. The Hall–Kier alpha value is -1.58. The van der Waals surface area contributed by atoms with Crippen LogP contribution in [0.5, 0.6) is 0 Å². The summed E-state index contributed by atoms with van der Waals surface area (Å²) in [5, 5.41) is 0. The Labute approximate surface area is 89.1 Å². The van der Waals surface area contributed by atoms with Gasteiger partial charge in [-0.1, -0.05) is 0 Å². The van der Waals surface area contributed by atoms with Crippen LogP contribution in [0.4, 0.5) is 5.69 Å². The zero-order valence-corrected chi connectivity index (χ0v) is 8.81. The van der Waals surface area contributed by atoms with Gasteiger partial charge in [-0.2, -0.15) is 0 Å². The molecule has 0 aromatic carbocycles. The normalized spacial score (nSPS) is 15.0. The topological polar surface area (TPSA) is 59.2 Å². The Bertz CT molecular complexity index is 357. The first-order chi connectivity index (χ1) is 7.22. The minimum atomic E-state index is 0.0139. The summed E-state index contributed by atoms with van der Waals surface area (Å²) in [5.74, 6) is 0.0139. The third-order valence-electron chi connectivity index (χ3n) is 2.59. The van der Waals surface area contributed by atoms with E-state index in [-0.39, 0.29) is 5.91 Å². The molecular weight excluding hydrogens is 190 g/mol. The maximum absolute atomic E-state index is 12.0. The summed E-state index contributed by atoms with van der Waals surface area (Å²) in [5.41, 5.74) is 6.59. The van der Waals surface area contributed by atoms with E-state index >= 15 is 0 Å². The molecule has 1 aliphatic rings. The van der Waals surface area contributed by atoms with Crippen molar-refractivity contribution in [3.8, 4) is 0 Å². The molecule has 1 heterocycles. The van der Waals surface area contributed by atoms with Crippen molar-refractivity contribution in [2.24, 2.45) is 0 Å². The number of pyridine rings is 1. The van der Waals surface area contributed by atoms with Gasteiger partial charge in [-0.3, -0.25) is 4.79 Å². The van der Waals surface area contributed by atoms with E-state index in [0.717, 1.165) is 19.4 Å². The Morgan fingerprint density at radius 3 is 2.80 bits per heavy atom. The number of anilines is 1. The van der Waals surface area contributed by atoms with Crippen LogP contribution in [0.2, 0.25) is 0 Å². The molecule has 2 N–H and O–H groups in total. The molecule has 1 saturated carbocycles. The first kappa shape index (κ1) is 9.96. The lowest BCUT2D eigenvalue weighted by atomic mass is 10.3. The van der Waals surface area contributed by atoms with Crippen molar-refractivity contribution in [3.63, 3.8) is 0 Å². The van der Waals surface area contributed by atoms with E-state index in [1.165, 1.54) is 6.20 Å². The number of hydrogen-bond donors (Lipinski definition) is 1. The molecule has 1 amide bonds. The van der Waals surface area contributed by atoms with Crippen LogP contribution in [-0.2, 0) is 0 Å². The highest BCUT2D eigenvalue weighted by Crippen LogP contribution is 2.27. The van der Waals surface area contributed by atoms with Crippen molar-refractivity contribution in [3.05, 3.63) is 24.0 Å². The van der Waals surface area contributed by atoms with E-state index in [1.54, 1.807) is 12.1 Å². The van der Waals surface area contributed by atoms with Crippen LogP contribution in [0.3, 0.4) is 0 Å². The van der Waals surface area contributed by atoms with E-state index in [0.29, 0.717) is 17.4 Å². The first-order valence-electron chi connectivity index (χ1n) is 5.25. The highest BCUT2D eigenvalue weighted by atomic mass is 16.2. The second-order valence-electron chi connectivity index (χ2n) is 3.80. The Balaban J connectivity index is 2.15. The molecule has 80 valence electrons. The largest absolute Gasteiger partial charge is 0.397 e. The molecule has 1 aromatic heterocycles. The lowest BCUT2D eigenvalue weighted by molar-refractivity contribution is 0.0746. The molecule has 0 bridgehead atoms. The molecule has 0 radical (unpaired) electrons. The Kier molecular flexibility index (Phi) is 2.58. The third kappa shape index (κ3) is 2.09. The van der Waals surface area contributed by atoms with Crippen molar-refractivity contribution < 1.29 is 4.79 Å². The highest BCUT2D eigenvalue weighted by molar-refractivity contribution is 5.92. The Morgan fingerprint density at radius 1 is 1.60 bits per heavy atom. The van der Waals surface area contributed by atoms with E-state index in [1.807, 2.05) is 11.8 Å². The maximum Gasteiger partial charge on any atom is 0.272 e. The van der Waals surface area contributed by atoms with E-state index in [2.05, 4.69) is 4.98 Å². The van der Waals surface area contributed by atoms with Gasteiger partial charge in [-0.05, 0) is 31.9 Å². The van der Waals surface area contributed by atoms with Gasteiger partial charge in [0.1, 0.15) is 5.69 Å². The van der Waals surface area contributed by atoms with Crippen LogP contribution < -0.4 is 5.73 Å². The first-order valence-corrected chi connectivity index (χ1v) is 5.25. The predicted molar refractivity (Wildman–Crippen MR) is 58.4 cm³/mol. The smallest absolute Gasteiger partial charge is 0.272 e.